The minimum absolute atomic E-state index is 0.172. The Balaban J connectivity index is 2.87. The van der Waals surface area contributed by atoms with Crippen LogP contribution in [0.2, 0.25) is 0 Å². The molecule has 0 fully saturated rings. The summed E-state index contributed by atoms with van der Waals surface area (Å²) in [5, 5.41) is 14.1. The number of hydrogen-bond donors (Lipinski definition) is 3. The number of benzene rings is 1. The lowest BCUT2D eigenvalue weighted by Gasteiger charge is -2.22. The summed E-state index contributed by atoms with van der Waals surface area (Å²) in [6, 6.07) is 7.11. The van der Waals surface area contributed by atoms with Crippen molar-refractivity contribution in [3.05, 3.63) is 35.4 Å². The van der Waals surface area contributed by atoms with Gasteiger partial charge >= 0.3 is 0 Å². The summed E-state index contributed by atoms with van der Waals surface area (Å²) in [6.45, 7) is 5.20. The van der Waals surface area contributed by atoms with Crippen molar-refractivity contribution < 1.29 is 14.4 Å². The summed E-state index contributed by atoms with van der Waals surface area (Å²) < 4.78 is 0. The van der Waals surface area contributed by atoms with Crippen LogP contribution in [0.1, 0.15) is 38.3 Å². The standard InChI is InChI=1S/C18H24N4O3/c1-11(2)7-16(21-12(3)23)18(25)22-15(17(20)24)9-13-5-4-6-14(8-13)10-19/h4-6,8,11,15-16H,7,9H2,1-3H3,(H2,20,24)(H,21,23)(H,22,25)/t15-,16+/m1/s1. The lowest BCUT2D eigenvalue weighted by Crippen LogP contribution is -2.53. The zero-order valence-corrected chi connectivity index (χ0v) is 14.7. The molecule has 0 aliphatic carbocycles. The molecule has 0 heterocycles. The van der Waals surface area contributed by atoms with Crippen LogP contribution in [0.5, 0.6) is 0 Å². The third kappa shape index (κ3) is 7.04. The summed E-state index contributed by atoms with van der Waals surface area (Å²) in [6.07, 6.45) is 0.617. The monoisotopic (exact) mass is 344 g/mol. The maximum Gasteiger partial charge on any atom is 0.243 e. The number of nitriles is 1. The number of nitrogens with two attached hydrogens (primary N) is 1. The van der Waals surface area contributed by atoms with Crippen molar-refractivity contribution in [1.29, 1.82) is 5.26 Å². The maximum absolute atomic E-state index is 12.5. The highest BCUT2D eigenvalue weighted by molar-refractivity contribution is 5.91. The molecule has 0 spiro atoms. The average molecular weight is 344 g/mol. The highest BCUT2D eigenvalue weighted by Gasteiger charge is 2.25. The lowest BCUT2D eigenvalue weighted by molar-refractivity contribution is -0.131. The second-order valence-electron chi connectivity index (χ2n) is 6.36. The van der Waals surface area contributed by atoms with Gasteiger partial charge < -0.3 is 16.4 Å². The molecule has 0 unspecified atom stereocenters. The van der Waals surface area contributed by atoms with E-state index in [1.807, 2.05) is 19.9 Å². The van der Waals surface area contributed by atoms with E-state index in [-0.39, 0.29) is 18.2 Å². The summed E-state index contributed by atoms with van der Waals surface area (Å²) >= 11 is 0. The summed E-state index contributed by atoms with van der Waals surface area (Å²) in [7, 11) is 0. The number of nitrogens with zero attached hydrogens (tertiary/aromatic N) is 1. The van der Waals surface area contributed by atoms with E-state index in [0.717, 1.165) is 0 Å². The first-order valence-corrected chi connectivity index (χ1v) is 8.08. The van der Waals surface area contributed by atoms with E-state index in [9.17, 15) is 14.4 Å². The molecular formula is C18H24N4O3. The van der Waals surface area contributed by atoms with E-state index < -0.39 is 23.9 Å². The molecule has 25 heavy (non-hydrogen) atoms. The molecule has 4 N–H and O–H groups in total. The molecule has 2 atom stereocenters. The van der Waals surface area contributed by atoms with Crippen molar-refractivity contribution in [3.63, 3.8) is 0 Å². The minimum Gasteiger partial charge on any atom is -0.368 e. The Morgan fingerprint density at radius 1 is 1.20 bits per heavy atom. The van der Waals surface area contributed by atoms with Crippen molar-refractivity contribution >= 4 is 17.7 Å². The van der Waals surface area contributed by atoms with Crippen LogP contribution in [0.4, 0.5) is 0 Å². The first kappa shape index (κ1) is 20.2. The van der Waals surface area contributed by atoms with Crippen molar-refractivity contribution in [2.24, 2.45) is 11.7 Å². The van der Waals surface area contributed by atoms with Crippen molar-refractivity contribution in [1.82, 2.24) is 10.6 Å². The van der Waals surface area contributed by atoms with Crippen molar-refractivity contribution in [2.75, 3.05) is 0 Å². The fraction of sp³-hybridized carbons (Fsp3) is 0.444. The van der Waals surface area contributed by atoms with Gasteiger partial charge in [-0.15, -0.1) is 0 Å². The van der Waals surface area contributed by atoms with Gasteiger partial charge in [0, 0.05) is 13.3 Å². The van der Waals surface area contributed by atoms with Crippen molar-refractivity contribution in [2.45, 2.75) is 45.7 Å². The second-order valence-corrected chi connectivity index (χ2v) is 6.36. The number of carbonyl (C=O) groups excluding carboxylic acids is 3. The number of hydrogen-bond acceptors (Lipinski definition) is 4. The molecule has 7 nitrogen and oxygen atoms in total. The molecule has 0 radical (unpaired) electrons. The van der Waals surface area contributed by atoms with E-state index >= 15 is 0 Å². The third-order valence-electron chi connectivity index (χ3n) is 3.56. The molecule has 0 saturated carbocycles. The Morgan fingerprint density at radius 2 is 1.88 bits per heavy atom. The molecule has 1 aromatic rings. The largest absolute Gasteiger partial charge is 0.368 e. The molecule has 134 valence electrons. The predicted molar refractivity (Wildman–Crippen MR) is 93.0 cm³/mol. The minimum atomic E-state index is -0.926. The molecule has 0 aliphatic rings. The van der Waals surface area contributed by atoms with Gasteiger partial charge in [0.15, 0.2) is 0 Å². The fourth-order valence-electron chi connectivity index (χ4n) is 2.45. The van der Waals surface area contributed by atoms with Gasteiger partial charge in [-0.05, 0) is 30.0 Å². The van der Waals surface area contributed by atoms with Gasteiger partial charge in [-0.25, -0.2) is 0 Å². The Labute approximate surface area is 147 Å². The average Bonchev–Trinajstić information content (AvgIpc) is 2.52. The van der Waals surface area contributed by atoms with Gasteiger partial charge in [-0.3, -0.25) is 14.4 Å². The number of rotatable bonds is 8. The molecule has 1 rings (SSSR count). The van der Waals surface area contributed by atoms with Crippen LogP contribution in [-0.2, 0) is 20.8 Å². The molecular weight excluding hydrogens is 320 g/mol. The van der Waals surface area contributed by atoms with E-state index in [2.05, 4.69) is 10.6 Å². The topological polar surface area (TPSA) is 125 Å². The van der Waals surface area contributed by atoms with Gasteiger partial charge in [-0.2, -0.15) is 5.26 Å². The molecule has 0 bridgehead atoms. The number of amides is 3. The quantitative estimate of drug-likeness (QED) is 0.639. The summed E-state index contributed by atoms with van der Waals surface area (Å²) in [5.74, 6) is -1.27. The van der Waals surface area contributed by atoms with Gasteiger partial charge in [0.05, 0.1) is 11.6 Å². The zero-order chi connectivity index (χ0) is 19.0. The van der Waals surface area contributed by atoms with Gasteiger partial charge in [-0.1, -0.05) is 26.0 Å². The molecule has 0 aliphatic heterocycles. The van der Waals surface area contributed by atoms with Gasteiger partial charge in [0.2, 0.25) is 17.7 Å². The van der Waals surface area contributed by atoms with Crippen LogP contribution in [0.25, 0.3) is 0 Å². The van der Waals surface area contributed by atoms with Crippen LogP contribution in [0.3, 0.4) is 0 Å². The number of carbonyl (C=O) groups is 3. The van der Waals surface area contributed by atoms with Crippen molar-refractivity contribution in [3.8, 4) is 6.07 Å². The molecule has 1 aromatic carbocycles. The number of primary amides is 1. The van der Waals surface area contributed by atoms with E-state index in [0.29, 0.717) is 17.5 Å². The first-order chi connectivity index (χ1) is 11.7. The predicted octanol–water partition coefficient (Wildman–Crippen LogP) is 0.622. The van der Waals surface area contributed by atoms with Crippen LogP contribution < -0.4 is 16.4 Å². The lowest BCUT2D eigenvalue weighted by atomic mass is 10.0. The highest BCUT2D eigenvalue weighted by atomic mass is 16.2. The smallest absolute Gasteiger partial charge is 0.243 e. The molecule has 7 heteroatoms. The summed E-state index contributed by atoms with van der Waals surface area (Å²) in [5.41, 5.74) is 6.57. The Morgan fingerprint density at radius 3 is 2.40 bits per heavy atom. The molecule has 0 saturated heterocycles. The van der Waals surface area contributed by atoms with E-state index in [1.54, 1.807) is 24.3 Å². The molecule has 3 amide bonds. The normalized spacial score (nSPS) is 12.8. The maximum atomic E-state index is 12.5. The van der Waals surface area contributed by atoms with Crippen LogP contribution in [-0.4, -0.2) is 29.8 Å². The van der Waals surface area contributed by atoms with Crippen LogP contribution >= 0.6 is 0 Å². The zero-order valence-electron chi connectivity index (χ0n) is 14.7. The summed E-state index contributed by atoms with van der Waals surface area (Å²) in [4.78, 5) is 35.5. The van der Waals surface area contributed by atoms with E-state index in [1.165, 1.54) is 6.92 Å². The van der Waals surface area contributed by atoms with Crippen LogP contribution in [0.15, 0.2) is 24.3 Å². The number of nitrogens with one attached hydrogen (secondary N) is 2. The second kappa shape index (κ2) is 9.42. The fourth-order valence-corrected chi connectivity index (χ4v) is 2.45. The first-order valence-electron chi connectivity index (χ1n) is 8.08. The Kier molecular flexibility index (Phi) is 7.60. The van der Waals surface area contributed by atoms with E-state index in [4.69, 9.17) is 11.0 Å². The third-order valence-corrected chi connectivity index (χ3v) is 3.56. The van der Waals surface area contributed by atoms with Gasteiger partial charge in [0.1, 0.15) is 12.1 Å². The Bertz CT molecular complexity index is 679. The molecule has 0 aromatic heterocycles. The highest BCUT2D eigenvalue weighted by Crippen LogP contribution is 2.09. The van der Waals surface area contributed by atoms with Crippen LogP contribution in [0, 0.1) is 17.2 Å². The van der Waals surface area contributed by atoms with Gasteiger partial charge in [0.25, 0.3) is 0 Å². The SMILES string of the molecule is CC(=O)N[C@@H](CC(C)C)C(=O)N[C@H](Cc1cccc(C#N)c1)C(N)=O. The Hall–Kier alpha value is -2.88.